The molecule has 2 aromatic carbocycles. The minimum absolute atomic E-state index is 0.0379. The van der Waals surface area contributed by atoms with E-state index in [9.17, 15) is 19.1 Å². The van der Waals surface area contributed by atoms with Gasteiger partial charge in [0.1, 0.15) is 22.9 Å². The van der Waals surface area contributed by atoms with Gasteiger partial charge in [-0.1, -0.05) is 12.1 Å². The smallest absolute Gasteiger partial charge is 0.303 e. The van der Waals surface area contributed by atoms with E-state index in [1.165, 1.54) is 18.2 Å². The summed E-state index contributed by atoms with van der Waals surface area (Å²) in [5.41, 5.74) is 1.86. The SMILES string of the molecule is COc1cccc2[nH]c(C[C@H]3CN(C(=O)c4cccc(F)c4)CC[C@H]3CC(=O)O)nc12. The lowest BCUT2D eigenvalue weighted by atomic mass is 9.81. The number of carbonyl (C=O) groups is 2. The van der Waals surface area contributed by atoms with Gasteiger partial charge in [0.05, 0.1) is 12.6 Å². The van der Waals surface area contributed by atoms with Crippen molar-refractivity contribution < 1.29 is 23.8 Å². The maximum absolute atomic E-state index is 13.6. The van der Waals surface area contributed by atoms with Crippen LogP contribution in [0, 0.1) is 17.7 Å². The number of amides is 1. The highest BCUT2D eigenvalue weighted by atomic mass is 19.1. The van der Waals surface area contributed by atoms with E-state index in [-0.39, 0.29) is 24.2 Å². The highest BCUT2D eigenvalue weighted by molar-refractivity contribution is 5.94. The number of para-hydroxylation sites is 1. The van der Waals surface area contributed by atoms with Crippen LogP contribution in [0.1, 0.15) is 29.0 Å². The van der Waals surface area contributed by atoms with Crippen LogP contribution in [0.3, 0.4) is 0 Å². The predicted molar refractivity (Wildman–Crippen MR) is 113 cm³/mol. The molecule has 31 heavy (non-hydrogen) atoms. The first-order valence-corrected chi connectivity index (χ1v) is 10.2. The van der Waals surface area contributed by atoms with Crippen LogP contribution in [0.5, 0.6) is 5.75 Å². The number of hydrogen-bond donors (Lipinski definition) is 2. The molecule has 0 aliphatic carbocycles. The Morgan fingerprint density at radius 1 is 1.26 bits per heavy atom. The van der Waals surface area contributed by atoms with Crippen LogP contribution in [-0.4, -0.2) is 52.1 Å². The summed E-state index contributed by atoms with van der Waals surface area (Å²) in [6.07, 6.45) is 1.11. The monoisotopic (exact) mass is 425 g/mol. The van der Waals surface area contributed by atoms with E-state index in [1.807, 2.05) is 18.2 Å². The van der Waals surface area contributed by atoms with Crippen LogP contribution in [0.25, 0.3) is 11.0 Å². The number of nitrogens with zero attached hydrogens (tertiary/aromatic N) is 2. The van der Waals surface area contributed by atoms with Crippen LogP contribution in [-0.2, 0) is 11.2 Å². The van der Waals surface area contributed by atoms with E-state index in [0.717, 1.165) is 16.9 Å². The third-order valence-electron chi connectivity index (χ3n) is 5.89. The Morgan fingerprint density at radius 2 is 2.06 bits per heavy atom. The minimum atomic E-state index is -0.855. The molecule has 0 radical (unpaired) electrons. The van der Waals surface area contributed by atoms with Gasteiger partial charge in [-0.15, -0.1) is 0 Å². The third-order valence-corrected chi connectivity index (χ3v) is 5.89. The van der Waals surface area contributed by atoms with Crippen LogP contribution in [0.2, 0.25) is 0 Å². The summed E-state index contributed by atoms with van der Waals surface area (Å²) in [6.45, 7) is 0.833. The molecule has 2 atom stereocenters. The van der Waals surface area contributed by atoms with Crippen LogP contribution in [0.15, 0.2) is 42.5 Å². The maximum Gasteiger partial charge on any atom is 0.303 e. The molecule has 0 unspecified atom stereocenters. The zero-order valence-corrected chi connectivity index (χ0v) is 17.2. The third kappa shape index (κ3) is 4.52. The Hall–Kier alpha value is -3.42. The van der Waals surface area contributed by atoms with E-state index < -0.39 is 11.8 Å². The fraction of sp³-hybridized carbons (Fsp3) is 0.348. The number of carboxylic acid groups (broad SMARTS) is 1. The summed E-state index contributed by atoms with van der Waals surface area (Å²) in [7, 11) is 1.59. The van der Waals surface area contributed by atoms with Crippen molar-refractivity contribution in [1.29, 1.82) is 0 Å². The molecule has 8 heteroatoms. The van der Waals surface area contributed by atoms with Gasteiger partial charge in [0.15, 0.2) is 0 Å². The molecule has 1 aromatic heterocycles. The molecule has 3 aromatic rings. The highest BCUT2D eigenvalue weighted by Crippen LogP contribution is 2.31. The number of nitrogens with one attached hydrogen (secondary N) is 1. The number of carbonyl (C=O) groups excluding carboxylic acids is 1. The lowest BCUT2D eigenvalue weighted by Crippen LogP contribution is -2.45. The number of benzene rings is 2. The van der Waals surface area contributed by atoms with Crippen LogP contribution in [0.4, 0.5) is 4.39 Å². The summed E-state index contributed by atoms with van der Waals surface area (Å²) in [4.78, 5) is 33.9. The number of aliphatic carboxylic acids is 1. The first-order valence-electron chi connectivity index (χ1n) is 10.2. The van der Waals surface area contributed by atoms with Gasteiger partial charge in [0, 0.05) is 31.5 Å². The number of imidazole rings is 1. The van der Waals surface area contributed by atoms with Gasteiger partial charge in [0.2, 0.25) is 0 Å². The summed E-state index contributed by atoms with van der Waals surface area (Å²) >= 11 is 0. The molecule has 1 amide bonds. The van der Waals surface area contributed by atoms with Gasteiger partial charge >= 0.3 is 5.97 Å². The normalized spacial score (nSPS) is 18.8. The topological polar surface area (TPSA) is 95.5 Å². The van der Waals surface area contributed by atoms with Crippen molar-refractivity contribution in [2.24, 2.45) is 11.8 Å². The number of ether oxygens (including phenoxy) is 1. The van der Waals surface area contributed by atoms with Gasteiger partial charge in [0.25, 0.3) is 5.91 Å². The first-order chi connectivity index (χ1) is 14.9. The Kier molecular flexibility index (Phi) is 5.88. The Bertz CT molecular complexity index is 1110. The Labute approximate surface area is 178 Å². The number of likely N-dealkylation sites (tertiary alicyclic amines) is 1. The zero-order chi connectivity index (χ0) is 22.0. The van der Waals surface area contributed by atoms with Crippen molar-refractivity contribution in [3.05, 3.63) is 59.7 Å². The number of aromatic nitrogens is 2. The average Bonchev–Trinajstić information content (AvgIpc) is 3.16. The second kappa shape index (κ2) is 8.75. The van der Waals surface area contributed by atoms with Crippen molar-refractivity contribution in [1.82, 2.24) is 14.9 Å². The van der Waals surface area contributed by atoms with E-state index >= 15 is 0 Å². The Morgan fingerprint density at radius 3 is 2.81 bits per heavy atom. The highest BCUT2D eigenvalue weighted by Gasteiger charge is 2.34. The lowest BCUT2D eigenvalue weighted by Gasteiger charge is -2.38. The van der Waals surface area contributed by atoms with Crippen molar-refractivity contribution >= 4 is 22.9 Å². The molecule has 4 rings (SSSR count). The van der Waals surface area contributed by atoms with Gasteiger partial charge in [-0.25, -0.2) is 9.37 Å². The standard InChI is InChI=1S/C23H24FN3O4/c1-31-19-7-3-6-18-22(19)26-20(25-18)11-16-13-27(9-8-14(16)12-21(28)29)23(30)15-4-2-5-17(24)10-15/h2-7,10,14,16H,8-9,11-13H2,1H3,(H,25,26)(H,28,29)/t14-,16-/m0/s1. The summed E-state index contributed by atoms with van der Waals surface area (Å²) < 4.78 is 18.9. The molecule has 1 fully saturated rings. The average molecular weight is 425 g/mol. The fourth-order valence-electron chi connectivity index (χ4n) is 4.36. The number of H-pyrrole nitrogens is 1. The first kappa shape index (κ1) is 20.8. The molecule has 7 nitrogen and oxygen atoms in total. The van der Waals surface area contributed by atoms with Gasteiger partial charge in [-0.05, 0) is 48.6 Å². The minimum Gasteiger partial charge on any atom is -0.494 e. The molecule has 1 aliphatic rings. The predicted octanol–water partition coefficient (Wildman–Crippen LogP) is 3.51. The van der Waals surface area contributed by atoms with E-state index in [0.29, 0.717) is 37.2 Å². The summed E-state index contributed by atoms with van der Waals surface area (Å²) in [5, 5.41) is 9.35. The summed E-state index contributed by atoms with van der Waals surface area (Å²) in [6, 6.07) is 11.2. The van der Waals surface area contributed by atoms with E-state index in [2.05, 4.69) is 9.97 Å². The number of aromatic amines is 1. The fourth-order valence-corrected chi connectivity index (χ4v) is 4.36. The molecule has 2 N–H and O–H groups in total. The quantitative estimate of drug-likeness (QED) is 0.630. The number of piperidine rings is 1. The van der Waals surface area contributed by atoms with Gasteiger partial charge < -0.3 is 19.7 Å². The maximum atomic E-state index is 13.6. The number of carboxylic acids is 1. The molecule has 0 spiro atoms. The largest absolute Gasteiger partial charge is 0.494 e. The second-order valence-corrected chi connectivity index (χ2v) is 7.91. The van der Waals surface area contributed by atoms with Crippen molar-refractivity contribution in [2.75, 3.05) is 20.2 Å². The number of halogens is 1. The molecular formula is C23H24FN3O4. The number of hydrogen-bond acceptors (Lipinski definition) is 4. The molecule has 162 valence electrons. The number of methoxy groups -OCH3 is 1. The number of rotatable bonds is 6. The molecule has 1 aliphatic heterocycles. The van der Waals surface area contributed by atoms with Gasteiger partial charge in [-0.2, -0.15) is 0 Å². The number of fused-ring (bicyclic) bond motifs is 1. The second-order valence-electron chi connectivity index (χ2n) is 7.91. The molecule has 1 saturated heterocycles. The van der Waals surface area contributed by atoms with E-state index in [4.69, 9.17) is 4.74 Å². The molecular weight excluding hydrogens is 401 g/mol. The lowest BCUT2D eigenvalue weighted by molar-refractivity contribution is -0.139. The zero-order valence-electron chi connectivity index (χ0n) is 17.2. The van der Waals surface area contributed by atoms with Gasteiger partial charge in [-0.3, -0.25) is 9.59 Å². The molecule has 2 heterocycles. The molecule has 0 bridgehead atoms. The van der Waals surface area contributed by atoms with Crippen LogP contribution >= 0.6 is 0 Å². The van der Waals surface area contributed by atoms with Crippen molar-refractivity contribution in [2.45, 2.75) is 19.3 Å². The Balaban J connectivity index is 1.57. The summed E-state index contributed by atoms with van der Waals surface area (Å²) in [5.74, 6) is -0.346. The molecule has 0 saturated carbocycles. The van der Waals surface area contributed by atoms with Crippen molar-refractivity contribution in [3.8, 4) is 5.75 Å². The van der Waals surface area contributed by atoms with E-state index in [1.54, 1.807) is 18.1 Å². The van der Waals surface area contributed by atoms with Crippen LogP contribution < -0.4 is 4.74 Å². The van der Waals surface area contributed by atoms with Crippen molar-refractivity contribution in [3.63, 3.8) is 0 Å².